The van der Waals surface area contributed by atoms with Crippen molar-refractivity contribution in [2.75, 3.05) is 0 Å². The first kappa shape index (κ1) is 34.0. The van der Waals surface area contributed by atoms with Crippen molar-refractivity contribution >= 4 is 24.9 Å². The minimum Gasteiger partial charge on any atom is -0.457 e. The molecule has 46 heavy (non-hydrogen) atoms. The molecule has 0 saturated carbocycles. The van der Waals surface area contributed by atoms with Crippen LogP contribution < -0.4 is 4.74 Å². The first-order chi connectivity index (χ1) is 22.2. The number of aryl methyl sites for hydroxylation is 1. The van der Waals surface area contributed by atoms with Crippen molar-refractivity contribution in [1.82, 2.24) is 0 Å². The van der Waals surface area contributed by atoms with Gasteiger partial charge in [-0.25, -0.2) is 0 Å². The average molecular weight is 611 g/mol. The summed E-state index contributed by atoms with van der Waals surface area (Å²) < 4.78 is 6.81. The number of ether oxygens (including phenoxy) is 1. The first-order valence-corrected chi connectivity index (χ1v) is 15.9. The van der Waals surface area contributed by atoms with Gasteiger partial charge >= 0.3 is 0 Å². The van der Waals surface area contributed by atoms with E-state index in [1.807, 2.05) is 56.3 Å². The molecule has 0 radical (unpaired) electrons. The first-order valence-electron chi connectivity index (χ1n) is 15.9. The van der Waals surface area contributed by atoms with Crippen molar-refractivity contribution in [3.63, 3.8) is 0 Å². The number of benzene rings is 2. The topological polar surface area (TPSA) is 58.7 Å². The quantitative estimate of drug-likeness (QED) is 0.208. The van der Waals surface area contributed by atoms with E-state index in [2.05, 4.69) is 127 Å². The summed E-state index contributed by atoms with van der Waals surface area (Å²) in [7, 11) is 0. The van der Waals surface area contributed by atoms with Crippen LogP contribution in [-0.2, 0) is 22.7 Å². The Morgan fingerprint density at radius 3 is 2.09 bits per heavy atom. The molecular weight excluding hydrogens is 564 g/mol. The van der Waals surface area contributed by atoms with E-state index in [0.29, 0.717) is 0 Å². The van der Waals surface area contributed by atoms with Crippen LogP contribution in [0.15, 0.2) is 142 Å². The lowest BCUT2D eigenvalue weighted by molar-refractivity contribution is 0.471. The van der Waals surface area contributed by atoms with Crippen molar-refractivity contribution in [2.45, 2.75) is 70.1 Å². The van der Waals surface area contributed by atoms with Gasteiger partial charge in [0.05, 0.1) is 0 Å². The van der Waals surface area contributed by atoms with Crippen molar-refractivity contribution in [1.29, 1.82) is 0 Å². The second kappa shape index (κ2) is 15.9. The van der Waals surface area contributed by atoms with E-state index in [-0.39, 0.29) is 10.8 Å². The van der Waals surface area contributed by atoms with Crippen LogP contribution in [0.3, 0.4) is 0 Å². The number of allylic oxidation sites excluding steroid dienone is 9. The number of nitrogens with zero attached hydrogens (tertiary/aromatic N) is 4. The van der Waals surface area contributed by atoms with Gasteiger partial charge < -0.3 is 4.74 Å². The molecule has 0 N–H and O–H groups in total. The molecule has 2 heterocycles. The molecule has 2 atom stereocenters. The largest absolute Gasteiger partial charge is 0.457 e. The molecule has 0 aliphatic carbocycles. The Bertz CT molecular complexity index is 1640. The Hall–Kier alpha value is -4.90. The SMILES string of the molecule is C=CC=N/C=C\CCc1cc(Oc2cc(C3(C)C=CC=CN=C3)cc(C(C)(C)C/C=C\N=CC)c2)cc(C2(C)C=CC=CN=C2)c1. The van der Waals surface area contributed by atoms with E-state index in [0.717, 1.165) is 41.9 Å². The summed E-state index contributed by atoms with van der Waals surface area (Å²) in [6.45, 7) is 14.5. The van der Waals surface area contributed by atoms with Gasteiger partial charge in [-0.2, -0.15) is 0 Å². The summed E-state index contributed by atoms with van der Waals surface area (Å²) in [5.74, 6) is 1.58. The van der Waals surface area contributed by atoms with Crippen LogP contribution >= 0.6 is 0 Å². The van der Waals surface area contributed by atoms with Crippen LogP contribution in [0.2, 0.25) is 0 Å². The third kappa shape index (κ3) is 9.31. The summed E-state index contributed by atoms with van der Waals surface area (Å²) in [5, 5.41) is 0. The van der Waals surface area contributed by atoms with E-state index in [1.165, 1.54) is 11.1 Å². The van der Waals surface area contributed by atoms with E-state index in [9.17, 15) is 0 Å². The molecule has 2 aliphatic rings. The van der Waals surface area contributed by atoms with Gasteiger partial charge in [0, 0.05) is 60.5 Å². The minimum absolute atomic E-state index is 0.163. The molecule has 2 aromatic rings. The summed E-state index contributed by atoms with van der Waals surface area (Å²) in [6, 6.07) is 13.1. The Balaban J connectivity index is 1.78. The monoisotopic (exact) mass is 610 g/mol. The Kier molecular flexibility index (Phi) is 11.7. The van der Waals surface area contributed by atoms with Gasteiger partial charge in [0.2, 0.25) is 0 Å². The predicted molar refractivity (Wildman–Crippen MR) is 198 cm³/mol. The molecule has 5 nitrogen and oxygen atoms in total. The molecular formula is C41H46N4O. The molecule has 5 heteroatoms. The highest BCUT2D eigenvalue weighted by Gasteiger charge is 2.28. The lowest BCUT2D eigenvalue weighted by Crippen LogP contribution is -2.23. The summed E-state index contributed by atoms with van der Waals surface area (Å²) in [4.78, 5) is 17.5. The van der Waals surface area contributed by atoms with Gasteiger partial charge in [0.15, 0.2) is 0 Å². The van der Waals surface area contributed by atoms with Crippen LogP contribution in [0.25, 0.3) is 0 Å². The molecule has 2 unspecified atom stereocenters. The highest BCUT2D eigenvalue weighted by Crippen LogP contribution is 2.38. The third-order valence-corrected chi connectivity index (χ3v) is 8.22. The predicted octanol–water partition coefficient (Wildman–Crippen LogP) is 10.3. The van der Waals surface area contributed by atoms with Crippen molar-refractivity contribution in [3.8, 4) is 11.5 Å². The maximum absolute atomic E-state index is 6.81. The highest BCUT2D eigenvalue weighted by molar-refractivity contribution is 5.79. The molecule has 2 aliphatic heterocycles. The van der Waals surface area contributed by atoms with E-state index in [4.69, 9.17) is 4.74 Å². The molecule has 0 amide bonds. The smallest absolute Gasteiger partial charge is 0.128 e. The molecule has 0 spiro atoms. The molecule has 0 bridgehead atoms. The zero-order valence-corrected chi connectivity index (χ0v) is 27.8. The number of hydrogen-bond acceptors (Lipinski definition) is 5. The van der Waals surface area contributed by atoms with Gasteiger partial charge in [-0.3, -0.25) is 20.0 Å². The second-order valence-corrected chi connectivity index (χ2v) is 12.6. The summed E-state index contributed by atoms with van der Waals surface area (Å²) >= 11 is 0. The maximum atomic E-state index is 6.81. The molecule has 0 saturated heterocycles. The fourth-order valence-electron chi connectivity index (χ4n) is 5.31. The van der Waals surface area contributed by atoms with Crippen molar-refractivity contribution in [2.24, 2.45) is 20.0 Å². The summed E-state index contributed by atoms with van der Waals surface area (Å²) in [6.07, 6.45) is 35.6. The highest BCUT2D eigenvalue weighted by atomic mass is 16.5. The zero-order valence-electron chi connectivity index (χ0n) is 27.8. The number of aliphatic imine (C=N–C) groups is 4. The second-order valence-electron chi connectivity index (χ2n) is 12.6. The Labute approximate surface area is 275 Å². The molecule has 2 aromatic carbocycles. The van der Waals surface area contributed by atoms with Gasteiger partial charge in [0.25, 0.3) is 0 Å². The Morgan fingerprint density at radius 1 is 0.804 bits per heavy atom. The lowest BCUT2D eigenvalue weighted by atomic mass is 9.76. The van der Waals surface area contributed by atoms with Gasteiger partial charge in [0.1, 0.15) is 11.5 Å². The van der Waals surface area contributed by atoms with E-state index >= 15 is 0 Å². The van der Waals surface area contributed by atoms with Crippen molar-refractivity contribution in [3.05, 3.63) is 145 Å². The summed E-state index contributed by atoms with van der Waals surface area (Å²) in [5.41, 5.74) is 3.66. The van der Waals surface area contributed by atoms with Crippen LogP contribution in [0, 0.1) is 0 Å². The minimum atomic E-state index is -0.397. The number of rotatable bonds is 13. The lowest BCUT2D eigenvalue weighted by Gasteiger charge is -2.29. The van der Waals surface area contributed by atoms with Crippen LogP contribution in [0.1, 0.15) is 69.7 Å². The fourth-order valence-corrected chi connectivity index (χ4v) is 5.31. The van der Waals surface area contributed by atoms with E-state index < -0.39 is 5.41 Å². The van der Waals surface area contributed by atoms with Crippen LogP contribution in [-0.4, -0.2) is 24.9 Å². The van der Waals surface area contributed by atoms with Gasteiger partial charge in [-0.15, -0.1) is 0 Å². The van der Waals surface area contributed by atoms with Crippen LogP contribution in [0.4, 0.5) is 0 Å². The fraction of sp³-hybridized carbons (Fsp3) is 0.268. The normalized spacial score (nSPS) is 21.2. The van der Waals surface area contributed by atoms with Gasteiger partial charge in [-0.05, 0) is 104 Å². The number of hydrogen-bond donors (Lipinski definition) is 0. The molecule has 4 rings (SSSR count). The van der Waals surface area contributed by atoms with Crippen LogP contribution in [0.5, 0.6) is 11.5 Å². The van der Waals surface area contributed by atoms with Crippen molar-refractivity contribution < 1.29 is 4.74 Å². The third-order valence-electron chi connectivity index (χ3n) is 8.22. The molecule has 0 fully saturated rings. The molecule has 236 valence electrons. The van der Waals surface area contributed by atoms with E-state index in [1.54, 1.807) is 18.5 Å². The standard InChI is InChI=1S/C41H46N4O/c1-7-20-43-21-12-9-16-33-25-35(40(5)18-10-13-22-44-31-40)29-37(26-33)46-38-28-34(39(3,4)17-15-24-42-8-2)27-36(30-38)41(6)19-11-14-23-45-32-41/h7-8,10-15,18-32H,1,9,16-17H2,2-6H3/b21-12-,24-15-,42-8?,43-20?. The zero-order chi connectivity index (χ0) is 32.9. The Morgan fingerprint density at radius 2 is 1.43 bits per heavy atom. The molecule has 0 aromatic heterocycles. The average Bonchev–Trinajstić information content (AvgIpc) is 3.41. The van der Waals surface area contributed by atoms with Gasteiger partial charge in [-0.1, -0.05) is 75.1 Å². The maximum Gasteiger partial charge on any atom is 0.128 e.